The fourth-order valence-electron chi connectivity index (χ4n) is 1.48. The van der Waals surface area contributed by atoms with Crippen molar-refractivity contribution in [2.24, 2.45) is 0 Å². The third kappa shape index (κ3) is 5.18. The molecule has 0 radical (unpaired) electrons. The third-order valence-corrected chi connectivity index (χ3v) is 3.02. The van der Waals surface area contributed by atoms with Crippen LogP contribution in [-0.2, 0) is 22.1 Å². The zero-order valence-corrected chi connectivity index (χ0v) is 13.0. The minimum absolute atomic E-state index is 0.0712. The molecule has 0 N–H and O–H groups in total. The number of pyridine rings is 1. The van der Waals surface area contributed by atoms with Crippen LogP contribution < -0.4 is 4.74 Å². The van der Waals surface area contributed by atoms with Crippen molar-refractivity contribution in [2.45, 2.75) is 25.9 Å². The Morgan fingerprint density at radius 2 is 1.86 bits per heavy atom. The Kier molecular flexibility index (Phi) is 5.87. The van der Waals surface area contributed by atoms with Gasteiger partial charge in [0.25, 0.3) is 0 Å². The normalized spacial score (nSPS) is 12.2. The van der Waals surface area contributed by atoms with Crippen molar-refractivity contribution in [3.8, 4) is 5.75 Å². The summed E-state index contributed by atoms with van der Waals surface area (Å²) in [4.78, 5) is 14.7. The number of alkyl halides is 6. The average Bonchev–Trinajstić information content (AvgIpc) is 2.29. The van der Waals surface area contributed by atoms with Gasteiger partial charge in [0.05, 0.1) is 13.0 Å². The first-order chi connectivity index (χ1) is 9.95. The van der Waals surface area contributed by atoms with Crippen molar-refractivity contribution < 1.29 is 40.6 Å². The van der Waals surface area contributed by atoms with Crippen molar-refractivity contribution in [2.75, 3.05) is 6.61 Å². The molecule has 1 aromatic heterocycles. The molecular formula is C11H8F6INO3. The van der Waals surface area contributed by atoms with E-state index in [1.165, 1.54) is 6.92 Å². The van der Waals surface area contributed by atoms with E-state index in [1.807, 2.05) is 0 Å². The number of esters is 1. The van der Waals surface area contributed by atoms with E-state index in [9.17, 15) is 31.1 Å². The maximum Gasteiger partial charge on any atom is 0.573 e. The first kappa shape index (κ1) is 18.8. The molecule has 0 aliphatic rings. The number of carbonyl (C=O) groups excluding carboxylic acids is 1. The van der Waals surface area contributed by atoms with Gasteiger partial charge < -0.3 is 9.47 Å². The van der Waals surface area contributed by atoms with E-state index in [0.717, 1.165) is 28.8 Å². The number of hydrogen-bond donors (Lipinski definition) is 0. The Morgan fingerprint density at radius 1 is 1.27 bits per heavy atom. The fourth-order valence-corrected chi connectivity index (χ4v) is 2.17. The Balaban J connectivity index is 3.40. The molecule has 1 aromatic rings. The lowest BCUT2D eigenvalue weighted by molar-refractivity contribution is -0.276. The van der Waals surface area contributed by atoms with Crippen molar-refractivity contribution in [1.82, 2.24) is 4.98 Å². The smallest absolute Gasteiger partial charge is 0.466 e. The number of rotatable bonds is 4. The van der Waals surface area contributed by atoms with E-state index in [2.05, 4.69) is 14.5 Å². The summed E-state index contributed by atoms with van der Waals surface area (Å²) in [5, 5.41) is 0. The summed E-state index contributed by atoms with van der Waals surface area (Å²) >= 11 is 1.14. The average molecular weight is 443 g/mol. The van der Waals surface area contributed by atoms with Crippen LogP contribution in [0.3, 0.4) is 0 Å². The van der Waals surface area contributed by atoms with Crippen LogP contribution in [0, 0.1) is 3.70 Å². The van der Waals surface area contributed by atoms with E-state index >= 15 is 0 Å². The minimum Gasteiger partial charge on any atom is -0.466 e. The molecule has 0 aromatic carbocycles. The molecule has 0 saturated heterocycles. The van der Waals surface area contributed by atoms with Crippen LogP contribution in [0.25, 0.3) is 0 Å². The molecule has 0 aliphatic carbocycles. The molecule has 1 rings (SSSR count). The second-order valence-corrected chi connectivity index (χ2v) is 4.83. The van der Waals surface area contributed by atoms with Gasteiger partial charge in [-0.05, 0) is 29.5 Å². The molecule has 0 atom stereocenters. The van der Waals surface area contributed by atoms with Gasteiger partial charge in [0, 0.05) is 11.8 Å². The topological polar surface area (TPSA) is 48.4 Å². The highest BCUT2D eigenvalue weighted by atomic mass is 127. The molecule has 0 fully saturated rings. The summed E-state index contributed by atoms with van der Waals surface area (Å²) in [5.41, 5.74) is -2.35. The van der Waals surface area contributed by atoms with Crippen LogP contribution in [0.5, 0.6) is 5.75 Å². The molecule has 124 valence electrons. The first-order valence-electron chi connectivity index (χ1n) is 5.61. The number of halogens is 7. The lowest BCUT2D eigenvalue weighted by Gasteiger charge is -2.19. The van der Waals surface area contributed by atoms with Gasteiger partial charge in [0.1, 0.15) is 15.0 Å². The Labute approximate surface area is 133 Å². The number of hydrogen-bond acceptors (Lipinski definition) is 4. The van der Waals surface area contributed by atoms with Gasteiger partial charge in [-0.15, -0.1) is 13.2 Å². The van der Waals surface area contributed by atoms with E-state index in [1.54, 1.807) is 0 Å². The van der Waals surface area contributed by atoms with E-state index in [0.29, 0.717) is 0 Å². The summed E-state index contributed by atoms with van der Waals surface area (Å²) in [5.74, 6) is -2.49. The standard InChI is InChI=1S/C11H8F6INO3/c1-2-21-6(20)3-5-4-19-9(18)7(10(12,13)14)8(5)22-11(15,16)17/h4H,2-3H2,1H3. The molecule has 0 bridgehead atoms. The van der Waals surface area contributed by atoms with Crippen LogP contribution in [0.15, 0.2) is 6.20 Å². The monoisotopic (exact) mass is 443 g/mol. The molecule has 22 heavy (non-hydrogen) atoms. The summed E-state index contributed by atoms with van der Waals surface area (Å²) in [6, 6.07) is 0. The highest BCUT2D eigenvalue weighted by Crippen LogP contribution is 2.42. The Morgan fingerprint density at radius 3 is 2.32 bits per heavy atom. The number of ether oxygens (including phenoxy) is 2. The summed E-state index contributed by atoms with van der Waals surface area (Å²) in [6.45, 7) is 1.37. The van der Waals surface area contributed by atoms with Crippen molar-refractivity contribution >= 4 is 28.6 Å². The first-order valence-corrected chi connectivity index (χ1v) is 6.69. The largest absolute Gasteiger partial charge is 0.573 e. The van der Waals surface area contributed by atoms with Crippen molar-refractivity contribution in [1.29, 1.82) is 0 Å². The fraction of sp³-hybridized carbons (Fsp3) is 0.455. The predicted octanol–water partition coefficient (Wildman–Crippen LogP) is 3.71. The number of nitrogens with zero attached hydrogens (tertiary/aromatic N) is 1. The molecule has 0 saturated carbocycles. The van der Waals surface area contributed by atoms with Crippen molar-refractivity contribution in [3.63, 3.8) is 0 Å². The highest BCUT2D eigenvalue weighted by molar-refractivity contribution is 14.1. The lowest BCUT2D eigenvalue weighted by Crippen LogP contribution is -2.23. The summed E-state index contributed by atoms with van der Waals surface area (Å²) < 4.78 is 83.2. The van der Waals surface area contributed by atoms with E-state index in [-0.39, 0.29) is 6.61 Å². The second kappa shape index (κ2) is 6.87. The van der Waals surface area contributed by atoms with Crippen LogP contribution in [0.2, 0.25) is 0 Å². The molecule has 0 aliphatic heterocycles. The molecule has 1 heterocycles. The molecule has 11 heteroatoms. The quantitative estimate of drug-likeness (QED) is 0.308. The molecular weight excluding hydrogens is 435 g/mol. The van der Waals surface area contributed by atoms with Gasteiger partial charge in [-0.25, -0.2) is 4.98 Å². The maximum absolute atomic E-state index is 12.9. The van der Waals surface area contributed by atoms with E-state index < -0.39 is 45.5 Å². The van der Waals surface area contributed by atoms with Gasteiger partial charge in [0.2, 0.25) is 0 Å². The predicted molar refractivity (Wildman–Crippen MR) is 69.0 cm³/mol. The van der Waals surface area contributed by atoms with Crippen molar-refractivity contribution in [3.05, 3.63) is 21.0 Å². The van der Waals surface area contributed by atoms with Crippen LogP contribution in [0.4, 0.5) is 26.3 Å². The van der Waals surface area contributed by atoms with Crippen LogP contribution in [0.1, 0.15) is 18.1 Å². The molecule has 0 unspecified atom stereocenters. The van der Waals surface area contributed by atoms with Gasteiger partial charge in [0.15, 0.2) is 0 Å². The minimum atomic E-state index is -5.35. The number of aromatic nitrogens is 1. The van der Waals surface area contributed by atoms with Gasteiger partial charge in [-0.1, -0.05) is 0 Å². The second-order valence-electron chi connectivity index (χ2n) is 3.81. The zero-order chi connectivity index (χ0) is 17.1. The van der Waals surface area contributed by atoms with E-state index in [4.69, 9.17) is 0 Å². The van der Waals surface area contributed by atoms with Crippen LogP contribution >= 0.6 is 22.6 Å². The van der Waals surface area contributed by atoms with Gasteiger partial charge >= 0.3 is 18.5 Å². The number of carbonyl (C=O) groups is 1. The highest BCUT2D eigenvalue weighted by Gasteiger charge is 2.43. The molecule has 0 spiro atoms. The van der Waals surface area contributed by atoms with Gasteiger partial charge in [-0.2, -0.15) is 13.2 Å². The maximum atomic E-state index is 12.9. The Bertz CT molecular complexity index is 558. The molecule has 4 nitrogen and oxygen atoms in total. The summed E-state index contributed by atoms with van der Waals surface area (Å²) in [7, 11) is 0. The zero-order valence-electron chi connectivity index (χ0n) is 10.8. The summed E-state index contributed by atoms with van der Waals surface area (Å²) in [6.07, 6.45) is -10.6. The van der Waals surface area contributed by atoms with Crippen LogP contribution in [-0.4, -0.2) is 23.9 Å². The SMILES string of the molecule is CCOC(=O)Cc1cnc(I)c(C(F)(F)F)c1OC(F)(F)F. The van der Waals surface area contributed by atoms with Gasteiger partial charge in [-0.3, -0.25) is 4.79 Å². The third-order valence-electron chi connectivity index (χ3n) is 2.20. The Hall–Kier alpha value is -1.27. The molecule has 0 amide bonds. The lowest BCUT2D eigenvalue weighted by atomic mass is 10.1.